The minimum absolute atomic E-state index is 0.00756. The first-order valence-electron chi connectivity index (χ1n) is 13.3. The number of anilines is 2. The predicted molar refractivity (Wildman–Crippen MR) is 154 cm³/mol. The Morgan fingerprint density at radius 1 is 1.07 bits per heavy atom. The number of carbonyl (C=O) groups is 2. The lowest BCUT2D eigenvalue weighted by molar-refractivity contribution is -0.656. The molecule has 40 heavy (non-hydrogen) atoms. The highest BCUT2D eigenvalue weighted by Gasteiger charge is 2.27. The summed E-state index contributed by atoms with van der Waals surface area (Å²) in [5, 5.41) is 14.0. The lowest BCUT2D eigenvalue weighted by Gasteiger charge is -2.29. The van der Waals surface area contributed by atoms with Gasteiger partial charge in [-0.25, -0.2) is 9.89 Å². The second kappa shape index (κ2) is 11.5. The summed E-state index contributed by atoms with van der Waals surface area (Å²) in [5.41, 5.74) is 1.47. The van der Waals surface area contributed by atoms with Gasteiger partial charge in [-0.1, -0.05) is 23.7 Å². The van der Waals surface area contributed by atoms with Gasteiger partial charge in [0.2, 0.25) is 0 Å². The predicted octanol–water partition coefficient (Wildman–Crippen LogP) is 5.39. The molecule has 1 saturated carbocycles. The van der Waals surface area contributed by atoms with Gasteiger partial charge < -0.3 is 15.4 Å². The fourth-order valence-electron chi connectivity index (χ4n) is 4.75. The summed E-state index contributed by atoms with van der Waals surface area (Å²) in [4.78, 5) is 34.0. The van der Waals surface area contributed by atoms with E-state index in [0.717, 1.165) is 36.6 Å². The number of fused-ring (bicyclic) bond motifs is 1. The topological polar surface area (TPSA) is 125 Å². The normalized spacial score (nSPS) is 17.3. The zero-order chi connectivity index (χ0) is 28.3. The van der Waals surface area contributed by atoms with Gasteiger partial charge in [0.05, 0.1) is 11.7 Å². The van der Waals surface area contributed by atoms with Crippen molar-refractivity contribution in [2.75, 3.05) is 10.6 Å². The SMILES string of the molecule is CC(C)(C)OC(=O)Nc1ccc(C(=O)N[C@H]2CCC[C@@H](Nc3ncc(Cl)c(-[n+]4cc5ccccc5[nH]4)n3)C2)cc1. The third-order valence-corrected chi connectivity index (χ3v) is 6.83. The van der Waals surface area contributed by atoms with E-state index in [4.69, 9.17) is 16.3 Å². The number of H-pyrrole nitrogens is 1. The van der Waals surface area contributed by atoms with Crippen molar-refractivity contribution >= 4 is 46.1 Å². The number of benzene rings is 2. The smallest absolute Gasteiger partial charge is 0.412 e. The van der Waals surface area contributed by atoms with Crippen molar-refractivity contribution in [3.63, 3.8) is 0 Å². The molecule has 10 nitrogen and oxygen atoms in total. The van der Waals surface area contributed by atoms with E-state index in [1.807, 2.05) is 30.5 Å². The standard InChI is InChI=1S/C29H32ClN7O3/c1-29(2,3)40-28(39)34-20-13-11-18(12-14-20)26(38)32-21-8-6-9-22(15-21)33-27-31-16-23(30)25(35-27)37-17-19-7-4-5-10-24(19)36-37/h4-5,7,10-14,16-17,21-22H,6,8-9,15H2,1-3H3,(H3,31,32,33,34,35,38,39)/p+1/t21-,22+/m0/s1. The molecule has 2 amide bonds. The number of ether oxygens (including phenoxy) is 1. The second-order valence-electron chi connectivity index (χ2n) is 10.9. The highest BCUT2D eigenvalue weighted by atomic mass is 35.5. The molecule has 2 heterocycles. The van der Waals surface area contributed by atoms with E-state index in [2.05, 4.69) is 31.0 Å². The number of carbonyl (C=O) groups excluding carboxylic acids is 2. The van der Waals surface area contributed by atoms with Crippen molar-refractivity contribution in [2.45, 2.75) is 64.1 Å². The van der Waals surface area contributed by atoms with Crippen LogP contribution in [0.1, 0.15) is 56.8 Å². The molecule has 2 atom stereocenters. The first-order valence-corrected chi connectivity index (χ1v) is 13.7. The molecule has 1 aliphatic rings. The molecule has 0 radical (unpaired) electrons. The van der Waals surface area contributed by atoms with Crippen LogP contribution in [0, 0.1) is 0 Å². The number of nitrogens with zero attached hydrogens (tertiary/aromatic N) is 3. The van der Waals surface area contributed by atoms with E-state index < -0.39 is 11.7 Å². The maximum atomic E-state index is 12.9. The van der Waals surface area contributed by atoms with Crippen LogP contribution in [0.3, 0.4) is 0 Å². The molecule has 1 fully saturated rings. The van der Waals surface area contributed by atoms with Gasteiger partial charge in [0.25, 0.3) is 5.91 Å². The fraction of sp³-hybridized carbons (Fsp3) is 0.345. The number of aromatic amines is 1. The van der Waals surface area contributed by atoms with E-state index in [-0.39, 0.29) is 18.0 Å². The molecule has 2 aromatic carbocycles. The van der Waals surface area contributed by atoms with Crippen molar-refractivity contribution in [1.29, 1.82) is 0 Å². The van der Waals surface area contributed by atoms with Crippen molar-refractivity contribution < 1.29 is 19.0 Å². The molecule has 4 N–H and O–H groups in total. The third-order valence-electron chi connectivity index (χ3n) is 6.56. The summed E-state index contributed by atoms with van der Waals surface area (Å²) < 4.78 is 7.06. The molecule has 0 saturated heterocycles. The van der Waals surface area contributed by atoms with Gasteiger partial charge in [0.15, 0.2) is 5.02 Å². The van der Waals surface area contributed by atoms with E-state index >= 15 is 0 Å². The van der Waals surface area contributed by atoms with Gasteiger partial charge in [-0.3, -0.25) is 10.1 Å². The monoisotopic (exact) mass is 562 g/mol. The Morgan fingerprint density at radius 2 is 1.82 bits per heavy atom. The van der Waals surface area contributed by atoms with Gasteiger partial charge >= 0.3 is 17.9 Å². The molecule has 208 valence electrons. The van der Waals surface area contributed by atoms with E-state index in [0.29, 0.717) is 28.0 Å². The zero-order valence-corrected chi connectivity index (χ0v) is 23.5. The summed E-state index contributed by atoms with van der Waals surface area (Å²) in [6.07, 6.45) is 6.53. The Bertz CT molecular complexity index is 1480. The van der Waals surface area contributed by atoms with Gasteiger partial charge in [-0.2, -0.15) is 4.98 Å². The molecule has 0 aliphatic heterocycles. The van der Waals surface area contributed by atoms with Crippen LogP contribution in [-0.2, 0) is 4.74 Å². The molecular formula is C29H33ClN7O3+. The van der Waals surface area contributed by atoms with Crippen LogP contribution in [0.5, 0.6) is 0 Å². The number of nitrogens with one attached hydrogen (secondary N) is 4. The number of aromatic nitrogens is 4. The van der Waals surface area contributed by atoms with Crippen LogP contribution >= 0.6 is 11.6 Å². The molecule has 11 heteroatoms. The van der Waals surface area contributed by atoms with Crippen molar-refractivity contribution in [3.8, 4) is 5.82 Å². The van der Waals surface area contributed by atoms with Crippen molar-refractivity contribution in [1.82, 2.24) is 20.4 Å². The molecule has 2 aromatic heterocycles. The Kier molecular flexibility index (Phi) is 7.88. The van der Waals surface area contributed by atoms with Crippen LogP contribution in [0.15, 0.2) is 60.9 Å². The number of para-hydroxylation sites is 1. The summed E-state index contributed by atoms with van der Waals surface area (Å²) >= 11 is 6.43. The third kappa shape index (κ3) is 6.87. The first-order chi connectivity index (χ1) is 19.1. The Hall–Kier alpha value is -4.18. The highest BCUT2D eigenvalue weighted by molar-refractivity contribution is 6.31. The molecule has 4 aromatic rings. The van der Waals surface area contributed by atoms with Gasteiger partial charge in [-0.05, 0) is 82.9 Å². The molecule has 5 rings (SSSR count). The number of hydrogen-bond acceptors (Lipinski definition) is 6. The van der Waals surface area contributed by atoms with E-state index in [1.54, 1.807) is 55.9 Å². The molecule has 0 spiro atoms. The Labute approximate surface area is 237 Å². The minimum Gasteiger partial charge on any atom is -0.444 e. The van der Waals surface area contributed by atoms with Gasteiger partial charge in [0, 0.05) is 33.7 Å². The summed E-state index contributed by atoms with van der Waals surface area (Å²) in [6, 6.07) is 14.8. The van der Waals surface area contributed by atoms with Crippen LogP contribution < -0.4 is 20.6 Å². The lowest BCUT2D eigenvalue weighted by atomic mass is 9.91. The zero-order valence-electron chi connectivity index (χ0n) is 22.7. The van der Waals surface area contributed by atoms with E-state index in [9.17, 15) is 9.59 Å². The van der Waals surface area contributed by atoms with Crippen molar-refractivity contribution in [3.05, 3.63) is 71.5 Å². The minimum atomic E-state index is -0.588. The van der Waals surface area contributed by atoms with Crippen LogP contribution in [-0.4, -0.2) is 44.8 Å². The van der Waals surface area contributed by atoms with Crippen LogP contribution in [0.4, 0.5) is 16.4 Å². The van der Waals surface area contributed by atoms with Gasteiger partial charge in [0.1, 0.15) is 11.8 Å². The quantitative estimate of drug-likeness (QED) is 0.234. The fourth-order valence-corrected chi connectivity index (χ4v) is 4.94. The maximum Gasteiger partial charge on any atom is 0.412 e. The number of amides is 2. The maximum absolute atomic E-state index is 12.9. The molecule has 0 unspecified atom stereocenters. The first kappa shape index (κ1) is 27.4. The number of halogens is 1. The molecular weight excluding hydrogens is 530 g/mol. The van der Waals surface area contributed by atoms with Crippen molar-refractivity contribution in [2.24, 2.45) is 0 Å². The highest BCUT2D eigenvalue weighted by Crippen LogP contribution is 2.23. The Morgan fingerprint density at radius 3 is 2.58 bits per heavy atom. The van der Waals surface area contributed by atoms with Gasteiger partial charge in [-0.15, -0.1) is 4.68 Å². The van der Waals surface area contributed by atoms with E-state index in [1.165, 1.54) is 0 Å². The molecule has 1 aliphatic carbocycles. The largest absolute Gasteiger partial charge is 0.444 e. The number of hydrogen-bond donors (Lipinski definition) is 4. The van der Waals surface area contributed by atoms with Crippen LogP contribution in [0.25, 0.3) is 16.7 Å². The second-order valence-corrected chi connectivity index (χ2v) is 11.4. The average Bonchev–Trinajstić information content (AvgIpc) is 3.33. The molecule has 0 bridgehead atoms. The number of rotatable bonds is 6. The summed E-state index contributed by atoms with van der Waals surface area (Å²) in [7, 11) is 0. The summed E-state index contributed by atoms with van der Waals surface area (Å²) in [6.45, 7) is 5.40. The lowest BCUT2D eigenvalue weighted by Crippen LogP contribution is -2.42. The summed E-state index contributed by atoms with van der Waals surface area (Å²) in [5.74, 6) is 0.881. The Balaban J connectivity index is 1.18. The average molecular weight is 563 g/mol. The van der Waals surface area contributed by atoms with Crippen LogP contribution in [0.2, 0.25) is 5.02 Å².